The van der Waals surface area contributed by atoms with E-state index in [2.05, 4.69) is 30.7 Å². The molecule has 0 saturated carbocycles. The van der Waals surface area contributed by atoms with Gasteiger partial charge in [0.2, 0.25) is 11.8 Å². The van der Waals surface area contributed by atoms with E-state index in [0.29, 0.717) is 24.3 Å². The molecule has 10 nitrogen and oxygen atoms in total. The first kappa shape index (κ1) is 21.3. The molecule has 30 heavy (non-hydrogen) atoms. The summed E-state index contributed by atoms with van der Waals surface area (Å²) in [6.07, 6.45) is 2.89. The van der Waals surface area contributed by atoms with Crippen molar-refractivity contribution in [2.45, 2.75) is 52.8 Å². The number of aliphatic hydroxyl groups excluding tert-OH is 1. The molecular weight excluding hydrogens is 386 g/mol. The highest BCUT2D eigenvalue weighted by molar-refractivity contribution is 5.79. The van der Waals surface area contributed by atoms with Crippen LogP contribution < -0.4 is 10.6 Å². The van der Waals surface area contributed by atoms with Gasteiger partial charge in [0.15, 0.2) is 0 Å². The number of pyridine rings is 1. The molecule has 0 fully saturated rings. The Kier molecular flexibility index (Phi) is 6.68. The lowest BCUT2D eigenvalue weighted by Gasteiger charge is -2.11. The van der Waals surface area contributed by atoms with Gasteiger partial charge in [0.1, 0.15) is 12.4 Å². The molecule has 0 saturated heterocycles. The molecular formula is C20H25N7O3. The number of carbonyl (C=O) groups excluding carboxylic acids is 2. The van der Waals surface area contributed by atoms with Crippen molar-refractivity contribution in [1.82, 2.24) is 35.2 Å². The molecule has 3 rings (SSSR count). The van der Waals surface area contributed by atoms with Crippen molar-refractivity contribution < 1.29 is 14.7 Å². The minimum Gasteiger partial charge on any atom is -0.384 e. The van der Waals surface area contributed by atoms with E-state index < -0.39 is 12.0 Å². The third-order valence-electron chi connectivity index (χ3n) is 4.78. The third kappa shape index (κ3) is 5.15. The van der Waals surface area contributed by atoms with Crippen molar-refractivity contribution in [1.29, 1.82) is 0 Å². The number of aliphatic hydroxyl groups is 1. The van der Waals surface area contributed by atoms with Crippen LogP contribution in [0.15, 0.2) is 24.7 Å². The Morgan fingerprint density at radius 2 is 2.00 bits per heavy atom. The second-order valence-electron chi connectivity index (χ2n) is 7.06. The Balaban J connectivity index is 1.53. The van der Waals surface area contributed by atoms with E-state index in [-0.39, 0.29) is 19.0 Å². The molecule has 3 aromatic rings. The minimum atomic E-state index is -1.06. The van der Waals surface area contributed by atoms with Crippen LogP contribution in [0.3, 0.4) is 0 Å². The Labute approximate surface area is 173 Å². The minimum absolute atomic E-state index is 0.0953. The number of hydrogen-bond donors (Lipinski definition) is 3. The predicted molar refractivity (Wildman–Crippen MR) is 108 cm³/mol. The van der Waals surface area contributed by atoms with Gasteiger partial charge in [-0.1, -0.05) is 0 Å². The van der Waals surface area contributed by atoms with Crippen LogP contribution in [0.5, 0.6) is 0 Å². The highest BCUT2D eigenvalue weighted by Gasteiger charge is 2.13. The van der Waals surface area contributed by atoms with Gasteiger partial charge in [0.05, 0.1) is 12.2 Å². The highest BCUT2D eigenvalue weighted by Crippen LogP contribution is 2.14. The maximum atomic E-state index is 12.3. The predicted octanol–water partition coefficient (Wildman–Crippen LogP) is 0.382. The number of rotatable bonds is 8. The van der Waals surface area contributed by atoms with Gasteiger partial charge in [-0.2, -0.15) is 10.1 Å². The summed E-state index contributed by atoms with van der Waals surface area (Å²) >= 11 is 0. The van der Waals surface area contributed by atoms with Crippen LogP contribution in [0.4, 0.5) is 0 Å². The number of aryl methyl sites for hydroxylation is 2. The molecule has 1 atom stereocenters. The molecule has 0 aliphatic heterocycles. The van der Waals surface area contributed by atoms with E-state index in [1.54, 1.807) is 22.8 Å². The zero-order valence-electron chi connectivity index (χ0n) is 17.2. The zero-order chi connectivity index (χ0) is 21.7. The maximum absolute atomic E-state index is 12.3. The fourth-order valence-electron chi connectivity index (χ4n) is 3.10. The fraction of sp³-hybridized carbons (Fsp3) is 0.400. The van der Waals surface area contributed by atoms with Crippen molar-refractivity contribution in [2.75, 3.05) is 0 Å². The van der Waals surface area contributed by atoms with E-state index in [4.69, 9.17) is 0 Å². The van der Waals surface area contributed by atoms with Gasteiger partial charge in [-0.05, 0) is 50.5 Å². The monoisotopic (exact) mass is 411 g/mol. The number of nitrogens with zero attached hydrogens (tertiary/aromatic N) is 5. The van der Waals surface area contributed by atoms with E-state index in [0.717, 1.165) is 22.5 Å². The lowest BCUT2D eigenvalue weighted by molar-refractivity contribution is -0.128. The molecule has 10 heteroatoms. The SMILES string of the molecule is Cc1nc2ncnn2c(C)c1CCC(=O)NCc1cc(CNC(=O)C(C)O)ccn1. The molecule has 3 aromatic heterocycles. The molecule has 0 radical (unpaired) electrons. The summed E-state index contributed by atoms with van der Waals surface area (Å²) in [7, 11) is 0. The molecule has 0 spiro atoms. The van der Waals surface area contributed by atoms with E-state index in [1.165, 1.54) is 13.3 Å². The fourth-order valence-corrected chi connectivity index (χ4v) is 3.10. The van der Waals surface area contributed by atoms with Gasteiger partial charge in [0.25, 0.3) is 5.78 Å². The summed E-state index contributed by atoms with van der Waals surface area (Å²) < 4.78 is 1.67. The Hall–Kier alpha value is -3.40. The first-order chi connectivity index (χ1) is 14.3. The number of nitrogens with one attached hydrogen (secondary N) is 2. The standard InChI is InChI=1S/C20H25N7O3/c1-12-17(13(2)27-20(26-12)24-11-25-27)4-5-18(29)22-10-16-8-15(6-7-21-16)9-23-19(30)14(3)28/h6-8,11,14,28H,4-5,9-10H2,1-3H3,(H,22,29)(H,23,30). The van der Waals surface area contributed by atoms with Crippen LogP contribution in [-0.2, 0) is 29.1 Å². The third-order valence-corrected chi connectivity index (χ3v) is 4.78. The van der Waals surface area contributed by atoms with Crippen LogP contribution in [-0.4, -0.2) is 47.6 Å². The Morgan fingerprint density at radius 3 is 2.77 bits per heavy atom. The molecule has 158 valence electrons. The number of aromatic nitrogens is 5. The second-order valence-corrected chi connectivity index (χ2v) is 7.06. The van der Waals surface area contributed by atoms with Crippen LogP contribution in [0.25, 0.3) is 5.78 Å². The molecule has 0 aliphatic rings. The first-order valence-corrected chi connectivity index (χ1v) is 9.67. The lowest BCUT2D eigenvalue weighted by Crippen LogP contribution is -2.32. The molecule has 0 aromatic carbocycles. The average Bonchev–Trinajstić information content (AvgIpc) is 3.19. The highest BCUT2D eigenvalue weighted by atomic mass is 16.3. The van der Waals surface area contributed by atoms with Gasteiger partial charge in [-0.3, -0.25) is 14.6 Å². The molecule has 2 amide bonds. The second kappa shape index (κ2) is 9.40. The van der Waals surface area contributed by atoms with E-state index in [9.17, 15) is 14.7 Å². The van der Waals surface area contributed by atoms with Gasteiger partial charge in [-0.25, -0.2) is 9.50 Å². The molecule has 3 heterocycles. The van der Waals surface area contributed by atoms with E-state index >= 15 is 0 Å². The number of hydrogen-bond acceptors (Lipinski definition) is 7. The summed E-state index contributed by atoms with van der Waals surface area (Å²) in [5.41, 5.74) is 4.27. The number of amides is 2. The number of carbonyl (C=O) groups is 2. The van der Waals surface area contributed by atoms with Crippen LogP contribution in [0, 0.1) is 13.8 Å². The summed E-state index contributed by atoms with van der Waals surface area (Å²) in [5, 5.41) is 18.9. The van der Waals surface area contributed by atoms with Crippen molar-refractivity contribution in [3.05, 3.63) is 52.9 Å². The van der Waals surface area contributed by atoms with Crippen molar-refractivity contribution in [2.24, 2.45) is 0 Å². The Morgan fingerprint density at radius 1 is 1.20 bits per heavy atom. The lowest BCUT2D eigenvalue weighted by atomic mass is 10.1. The molecule has 1 unspecified atom stereocenters. The summed E-state index contributed by atoms with van der Waals surface area (Å²) in [6.45, 7) is 5.82. The molecule has 0 aliphatic carbocycles. The topological polar surface area (TPSA) is 134 Å². The van der Waals surface area contributed by atoms with Gasteiger partial charge >= 0.3 is 0 Å². The quantitative estimate of drug-likeness (QED) is 0.488. The van der Waals surface area contributed by atoms with E-state index in [1.807, 2.05) is 13.8 Å². The van der Waals surface area contributed by atoms with Crippen molar-refractivity contribution in [3.8, 4) is 0 Å². The normalized spacial score (nSPS) is 12.0. The van der Waals surface area contributed by atoms with Gasteiger partial charge < -0.3 is 15.7 Å². The Bertz CT molecular complexity index is 1060. The maximum Gasteiger partial charge on any atom is 0.252 e. The summed E-state index contributed by atoms with van der Waals surface area (Å²) in [4.78, 5) is 36.5. The van der Waals surface area contributed by atoms with Crippen LogP contribution >= 0.6 is 0 Å². The first-order valence-electron chi connectivity index (χ1n) is 9.67. The van der Waals surface area contributed by atoms with Gasteiger partial charge in [-0.15, -0.1) is 0 Å². The van der Waals surface area contributed by atoms with Crippen molar-refractivity contribution in [3.63, 3.8) is 0 Å². The largest absolute Gasteiger partial charge is 0.384 e. The summed E-state index contributed by atoms with van der Waals surface area (Å²) in [6, 6.07) is 3.58. The summed E-state index contributed by atoms with van der Waals surface area (Å²) in [5.74, 6) is 0.0155. The number of fused-ring (bicyclic) bond motifs is 1. The van der Waals surface area contributed by atoms with Crippen LogP contribution in [0.2, 0.25) is 0 Å². The van der Waals surface area contributed by atoms with Crippen molar-refractivity contribution >= 4 is 17.6 Å². The molecule has 0 bridgehead atoms. The molecule has 3 N–H and O–H groups in total. The smallest absolute Gasteiger partial charge is 0.252 e. The van der Waals surface area contributed by atoms with Gasteiger partial charge in [0, 0.05) is 30.6 Å². The average molecular weight is 411 g/mol. The zero-order valence-corrected chi connectivity index (χ0v) is 17.2. The van der Waals surface area contributed by atoms with Crippen LogP contribution in [0.1, 0.15) is 41.6 Å².